The molecule has 1 atom stereocenters. The van der Waals surface area contributed by atoms with Gasteiger partial charge >= 0.3 is 0 Å². The summed E-state index contributed by atoms with van der Waals surface area (Å²) < 4.78 is 0. The monoisotopic (exact) mass is 290 g/mol. The topological polar surface area (TPSA) is 65.5 Å². The van der Waals surface area contributed by atoms with E-state index in [2.05, 4.69) is 29.0 Å². The average Bonchev–Trinajstić information content (AvgIpc) is 2.53. The Balaban J connectivity index is 2.21. The maximum atomic E-state index is 12.6. The summed E-state index contributed by atoms with van der Waals surface area (Å²) in [4.78, 5) is 32.6. The van der Waals surface area contributed by atoms with E-state index >= 15 is 0 Å². The normalized spacial score (nSPS) is 19.6. The molecule has 1 N–H and O–H groups in total. The largest absolute Gasteiger partial charge is 0.357 e. The van der Waals surface area contributed by atoms with Gasteiger partial charge in [-0.2, -0.15) is 0 Å². The summed E-state index contributed by atoms with van der Waals surface area (Å²) >= 11 is 0. The third kappa shape index (κ3) is 3.39. The first-order valence-electron chi connectivity index (χ1n) is 7.21. The summed E-state index contributed by atoms with van der Waals surface area (Å²) in [5.41, 5.74) is 0.518. The minimum atomic E-state index is -0.459. The van der Waals surface area contributed by atoms with E-state index in [0.29, 0.717) is 24.7 Å². The molecule has 21 heavy (non-hydrogen) atoms. The van der Waals surface area contributed by atoms with Crippen molar-refractivity contribution in [2.45, 2.75) is 25.9 Å². The fraction of sp³-hybridized carbons (Fsp3) is 0.533. The van der Waals surface area contributed by atoms with E-state index in [-0.39, 0.29) is 11.8 Å². The van der Waals surface area contributed by atoms with Crippen LogP contribution in [0.3, 0.4) is 0 Å². The Kier molecular flexibility index (Phi) is 4.90. The van der Waals surface area contributed by atoms with E-state index < -0.39 is 6.04 Å². The summed E-state index contributed by atoms with van der Waals surface area (Å²) in [7, 11) is 1.60. The van der Waals surface area contributed by atoms with Gasteiger partial charge in [-0.3, -0.25) is 19.5 Å². The Bertz CT molecular complexity index is 504. The van der Waals surface area contributed by atoms with E-state index in [4.69, 9.17) is 0 Å². The van der Waals surface area contributed by atoms with E-state index in [9.17, 15) is 9.59 Å². The lowest BCUT2D eigenvalue weighted by atomic mass is 10.1. The van der Waals surface area contributed by atoms with Crippen molar-refractivity contribution in [1.29, 1.82) is 0 Å². The molecule has 1 aliphatic rings. The predicted molar refractivity (Wildman–Crippen MR) is 79.8 cm³/mol. The Morgan fingerprint density at radius 2 is 2.14 bits per heavy atom. The standard InChI is InChI=1S/C15H22N4O2/c1-11(2)18-7-8-19(13(10-18)14(20)16-3)15(21)12-5-4-6-17-9-12/h4-6,9,11,13H,7-8,10H2,1-3H3,(H,16,20)/t13-/m1/s1. The molecule has 0 aliphatic carbocycles. The molecule has 0 radical (unpaired) electrons. The molecule has 2 rings (SSSR count). The van der Waals surface area contributed by atoms with Gasteiger partial charge in [0.05, 0.1) is 5.56 Å². The first-order chi connectivity index (χ1) is 10.0. The highest BCUT2D eigenvalue weighted by molar-refractivity contribution is 5.97. The lowest BCUT2D eigenvalue weighted by Crippen LogP contribution is -2.61. The number of nitrogens with one attached hydrogen (secondary N) is 1. The van der Waals surface area contributed by atoms with Gasteiger partial charge in [0.1, 0.15) is 6.04 Å². The summed E-state index contributed by atoms with van der Waals surface area (Å²) in [5, 5.41) is 2.66. The van der Waals surface area contributed by atoms with Crippen LogP contribution in [0.4, 0.5) is 0 Å². The van der Waals surface area contributed by atoms with Gasteiger partial charge in [-0.05, 0) is 26.0 Å². The summed E-state index contributed by atoms with van der Waals surface area (Å²) in [6.07, 6.45) is 3.17. The van der Waals surface area contributed by atoms with E-state index in [1.54, 1.807) is 30.3 Å². The number of pyridine rings is 1. The van der Waals surface area contributed by atoms with Crippen molar-refractivity contribution < 1.29 is 9.59 Å². The van der Waals surface area contributed by atoms with Crippen LogP contribution in [-0.2, 0) is 4.79 Å². The maximum absolute atomic E-state index is 12.6. The molecule has 0 spiro atoms. The van der Waals surface area contributed by atoms with Crippen molar-refractivity contribution in [2.75, 3.05) is 26.7 Å². The Labute approximate surface area is 125 Å². The summed E-state index contributed by atoms with van der Waals surface area (Å²) in [5.74, 6) is -0.266. The predicted octanol–water partition coefficient (Wildman–Crippen LogP) is 0.362. The van der Waals surface area contributed by atoms with Crippen molar-refractivity contribution in [2.24, 2.45) is 0 Å². The van der Waals surface area contributed by atoms with Gasteiger partial charge in [-0.25, -0.2) is 0 Å². The number of likely N-dealkylation sites (N-methyl/N-ethyl adjacent to an activating group) is 1. The van der Waals surface area contributed by atoms with Crippen LogP contribution < -0.4 is 5.32 Å². The van der Waals surface area contributed by atoms with Crippen LogP contribution in [-0.4, -0.2) is 65.4 Å². The first-order valence-corrected chi connectivity index (χ1v) is 7.21. The van der Waals surface area contributed by atoms with Gasteiger partial charge in [0.2, 0.25) is 5.91 Å². The number of amides is 2. The molecule has 1 aliphatic heterocycles. The van der Waals surface area contributed by atoms with Gasteiger partial charge in [-0.15, -0.1) is 0 Å². The molecule has 2 heterocycles. The number of carbonyl (C=O) groups is 2. The lowest BCUT2D eigenvalue weighted by molar-refractivity contribution is -0.127. The molecule has 114 valence electrons. The number of rotatable bonds is 3. The second-order valence-corrected chi connectivity index (χ2v) is 5.46. The highest BCUT2D eigenvalue weighted by Crippen LogP contribution is 2.16. The van der Waals surface area contributed by atoms with Crippen molar-refractivity contribution >= 4 is 11.8 Å². The first kappa shape index (κ1) is 15.4. The quantitative estimate of drug-likeness (QED) is 0.873. The van der Waals surface area contributed by atoms with Crippen molar-refractivity contribution in [1.82, 2.24) is 20.1 Å². The number of hydrogen-bond acceptors (Lipinski definition) is 4. The van der Waals surface area contributed by atoms with Crippen molar-refractivity contribution in [3.05, 3.63) is 30.1 Å². The van der Waals surface area contributed by atoms with E-state index in [1.807, 2.05) is 0 Å². The Morgan fingerprint density at radius 1 is 1.38 bits per heavy atom. The number of hydrogen-bond donors (Lipinski definition) is 1. The van der Waals surface area contributed by atoms with Crippen LogP contribution in [0, 0.1) is 0 Å². The molecule has 0 saturated carbocycles. The highest BCUT2D eigenvalue weighted by Gasteiger charge is 2.35. The van der Waals surface area contributed by atoms with Crippen LogP contribution in [0.2, 0.25) is 0 Å². The number of carbonyl (C=O) groups excluding carboxylic acids is 2. The molecule has 6 heteroatoms. The average molecular weight is 290 g/mol. The van der Waals surface area contributed by atoms with Gasteiger partial charge in [0.25, 0.3) is 5.91 Å². The van der Waals surface area contributed by atoms with Gasteiger partial charge in [0.15, 0.2) is 0 Å². The second-order valence-electron chi connectivity index (χ2n) is 5.46. The molecule has 0 bridgehead atoms. The SMILES string of the molecule is CNC(=O)[C@H]1CN(C(C)C)CCN1C(=O)c1cccnc1. The zero-order valence-electron chi connectivity index (χ0n) is 12.7. The number of aromatic nitrogens is 1. The Hall–Kier alpha value is -1.95. The van der Waals surface area contributed by atoms with Crippen LogP contribution in [0.1, 0.15) is 24.2 Å². The van der Waals surface area contributed by atoms with Gasteiger partial charge in [0, 0.05) is 45.1 Å². The number of piperazine rings is 1. The molecule has 0 aromatic carbocycles. The minimum absolute atomic E-state index is 0.127. The molecular weight excluding hydrogens is 268 g/mol. The van der Waals surface area contributed by atoms with Crippen molar-refractivity contribution in [3.8, 4) is 0 Å². The van der Waals surface area contributed by atoms with Gasteiger partial charge in [-0.1, -0.05) is 0 Å². The molecule has 0 unspecified atom stereocenters. The maximum Gasteiger partial charge on any atom is 0.256 e. The zero-order chi connectivity index (χ0) is 15.4. The number of nitrogens with zero attached hydrogens (tertiary/aromatic N) is 3. The summed E-state index contributed by atoms with van der Waals surface area (Å²) in [6.45, 7) is 6.07. The van der Waals surface area contributed by atoms with E-state index in [0.717, 1.165) is 6.54 Å². The van der Waals surface area contributed by atoms with Gasteiger partial charge < -0.3 is 10.2 Å². The molecule has 1 saturated heterocycles. The second kappa shape index (κ2) is 6.67. The smallest absolute Gasteiger partial charge is 0.256 e. The molecule has 1 fully saturated rings. The highest BCUT2D eigenvalue weighted by atomic mass is 16.2. The van der Waals surface area contributed by atoms with Crippen LogP contribution in [0.15, 0.2) is 24.5 Å². The third-order valence-electron chi connectivity index (χ3n) is 3.86. The lowest BCUT2D eigenvalue weighted by Gasteiger charge is -2.42. The van der Waals surface area contributed by atoms with E-state index in [1.165, 1.54) is 6.20 Å². The zero-order valence-corrected chi connectivity index (χ0v) is 12.7. The molecule has 2 amide bonds. The fourth-order valence-electron chi connectivity index (χ4n) is 2.56. The summed E-state index contributed by atoms with van der Waals surface area (Å²) in [6, 6.07) is 3.35. The third-order valence-corrected chi connectivity index (χ3v) is 3.86. The molecule has 6 nitrogen and oxygen atoms in total. The Morgan fingerprint density at radius 3 is 2.71 bits per heavy atom. The fourth-order valence-corrected chi connectivity index (χ4v) is 2.56. The van der Waals surface area contributed by atoms with Crippen LogP contribution in [0.5, 0.6) is 0 Å². The van der Waals surface area contributed by atoms with Crippen LogP contribution >= 0.6 is 0 Å². The molecule has 1 aromatic rings. The van der Waals surface area contributed by atoms with Crippen molar-refractivity contribution in [3.63, 3.8) is 0 Å². The molecule has 1 aromatic heterocycles. The molecular formula is C15H22N4O2. The van der Waals surface area contributed by atoms with Crippen LogP contribution in [0.25, 0.3) is 0 Å². The minimum Gasteiger partial charge on any atom is -0.357 e.